The zero-order chi connectivity index (χ0) is 21.1. The van der Waals surface area contributed by atoms with E-state index >= 15 is 0 Å². The molecule has 27 heavy (non-hydrogen) atoms. The highest BCUT2D eigenvalue weighted by atomic mass is 28.4. The van der Waals surface area contributed by atoms with Gasteiger partial charge in [-0.3, -0.25) is 4.79 Å². The molecule has 0 fully saturated rings. The third-order valence-corrected chi connectivity index (χ3v) is 6.68. The van der Waals surface area contributed by atoms with Crippen LogP contribution in [0.1, 0.15) is 19.8 Å². The van der Waals surface area contributed by atoms with Crippen molar-refractivity contribution in [3.63, 3.8) is 0 Å². The smallest absolute Gasteiger partial charge is 0.246 e. The van der Waals surface area contributed by atoms with Crippen LogP contribution in [0.5, 0.6) is 0 Å². The molecule has 2 radical (unpaired) electrons. The Morgan fingerprint density at radius 3 is 2.19 bits per heavy atom. The third-order valence-electron chi connectivity index (χ3n) is 3.16. The van der Waals surface area contributed by atoms with E-state index in [1.807, 2.05) is 0 Å². The van der Waals surface area contributed by atoms with E-state index in [1.165, 1.54) is 0 Å². The van der Waals surface area contributed by atoms with Crippen LogP contribution < -0.4 is 5.32 Å². The molecular weight excluding hydrogens is 394 g/mol. The summed E-state index contributed by atoms with van der Waals surface area (Å²) >= 11 is 0. The molecule has 0 heterocycles. The Morgan fingerprint density at radius 2 is 1.70 bits per heavy atom. The van der Waals surface area contributed by atoms with Gasteiger partial charge in [0, 0.05) is 18.7 Å². The number of hydrogen-bond donors (Lipinski definition) is 2. The van der Waals surface area contributed by atoms with Gasteiger partial charge in [0.25, 0.3) is 0 Å². The van der Waals surface area contributed by atoms with Crippen molar-refractivity contribution in [2.45, 2.75) is 77.1 Å². The summed E-state index contributed by atoms with van der Waals surface area (Å²) in [5.74, 6) is -0.273. The molecule has 0 spiro atoms. The fourth-order valence-corrected chi connectivity index (χ4v) is 6.80. The number of carbonyl (C=O) groups excluding carboxylic acids is 1. The lowest BCUT2D eigenvalue weighted by molar-refractivity contribution is -0.117. The molecule has 0 aromatic carbocycles. The van der Waals surface area contributed by atoms with E-state index in [2.05, 4.69) is 51.2 Å². The predicted molar refractivity (Wildman–Crippen MR) is 117 cm³/mol. The Morgan fingerprint density at radius 1 is 1.15 bits per heavy atom. The Kier molecular flexibility index (Phi) is 12.9. The second kappa shape index (κ2) is 13.0. The first-order valence-corrected chi connectivity index (χ1v) is 17.7. The second-order valence-corrected chi connectivity index (χ2v) is 19.0. The Hall–Kier alpha value is -0.299. The number of rotatable bonds is 15. The molecular formula is C18H39NO5Si3. The van der Waals surface area contributed by atoms with Crippen molar-refractivity contribution < 1.29 is 23.5 Å². The van der Waals surface area contributed by atoms with Crippen LogP contribution >= 0.6 is 0 Å². The summed E-state index contributed by atoms with van der Waals surface area (Å²) in [7, 11) is -2.67. The van der Waals surface area contributed by atoms with E-state index in [0.29, 0.717) is 34.7 Å². The summed E-state index contributed by atoms with van der Waals surface area (Å²) in [6.45, 7) is 19.6. The number of aliphatic hydroxyl groups excluding tert-OH is 1. The van der Waals surface area contributed by atoms with Gasteiger partial charge in [-0.1, -0.05) is 12.6 Å². The topological polar surface area (TPSA) is 77.0 Å². The van der Waals surface area contributed by atoms with Crippen molar-refractivity contribution in [2.75, 3.05) is 19.8 Å². The summed E-state index contributed by atoms with van der Waals surface area (Å²) in [5.41, 5.74) is 0.469. The average Bonchev–Trinajstić information content (AvgIpc) is 2.47. The van der Waals surface area contributed by atoms with Crippen LogP contribution in [0.25, 0.3) is 0 Å². The molecule has 158 valence electrons. The number of aliphatic hydroxyl groups is 1. The van der Waals surface area contributed by atoms with E-state index in [1.54, 1.807) is 6.92 Å². The molecule has 0 saturated carbocycles. The summed E-state index contributed by atoms with van der Waals surface area (Å²) in [6, 6.07) is 0.990. The molecule has 0 aliphatic carbocycles. The fraction of sp³-hybridized carbons (Fsp3) is 0.833. The van der Waals surface area contributed by atoms with E-state index < -0.39 is 22.7 Å². The molecule has 2 N–H and O–H groups in total. The van der Waals surface area contributed by atoms with Gasteiger partial charge >= 0.3 is 0 Å². The predicted octanol–water partition coefficient (Wildman–Crippen LogP) is 2.95. The first kappa shape index (κ1) is 26.7. The van der Waals surface area contributed by atoms with Crippen LogP contribution in [-0.2, 0) is 18.4 Å². The number of amides is 1. The molecule has 0 rings (SSSR count). The Balaban J connectivity index is 3.91. The minimum absolute atomic E-state index is 0.0918. The standard InChI is InChI=1S/C18H39NO5Si3/c1-15(2)17(21)19-11-10-16(20)14-22-12-9-13-25-18(23-26(3,4)5)24-27(6,7)8/h16,18,20H,1,9-14H2,2-8H3,(H,19,21). The normalized spacial score (nSPS) is 13.7. The van der Waals surface area contributed by atoms with E-state index in [9.17, 15) is 9.90 Å². The summed E-state index contributed by atoms with van der Waals surface area (Å²) in [4.78, 5) is 11.3. The quantitative estimate of drug-likeness (QED) is 0.180. The number of carbonyl (C=O) groups is 1. The third kappa shape index (κ3) is 17.5. The number of ether oxygens (including phenoxy) is 1. The maximum absolute atomic E-state index is 11.3. The van der Waals surface area contributed by atoms with E-state index in [0.717, 1.165) is 12.5 Å². The van der Waals surface area contributed by atoms with Gasteiger partial charge in [-0.05, 0) is 59.0 Å². The van der Waals surface area contributed by atoms with Crippen molar-refractivity contribution >= 4 is 32.1 Å². The van der Waals surface area contributed by atoms with Crippen LogP contribution in [0, 0.1) is 0 Å². The summed E-state index contributed by atoms with van der Waals surface area (Å²) in [6.07, 6.45) is 0.811. The van der Waals surface area contributed by atoms with Crippen molar-refractivity contribution in [3.05, 3.63) is 12.2 Å². The lowest BCUT2D eigenvalue weighted by Gasteiger charge is -2.31. The van der Waals surface area contributed by atoms with E-state index in [-0.39, 0.29) is 18.4 Å². The molecule has 0 aliphatic rings. The largest absolute Gasteiger partial charge is 0.397 e. The zero-order valence-electron chi connectivity index (χ0n) is 18.2. The highest BCUT2D eigenvalue weighted by molar-refractivity contribution is 6.71. The lowest BCUT2D eigenvalue weighted by atomic mass is 10.2. The number of hydrogen-bond acceptors (Lipinski definition) is 5. The monoisotopic (exact) mass is 433 g/mol. The fourth-order valence-electron chi connectivity index (χ4n) is 1.95. The molecule has 6 nitrogen and oxygen atoms in total. The molecule has 0 saturated heterocycles. The van der Waals surface area contributed by atoms with Crippen molar-refractivity contribution in [3.8, 4) is 0 Å². The van der Waals surface area contributed by atoms with Gasteiger partial charge in [-0.25, -0.2) is 0 Å². The van der Waals surface area contributed by atoms with Gasteiger partial charge in [0.15, 0.2) is 16.6 Å². The van der Waals surface area contributed by atoms with Gasteiger partial charge in [0.2, 0.25) is 5.91 Å². The first-order valence-electron chi connectivity index (χ1n) is 9.59. The molecule has 0 aliphatic heterocycles. The summed E-state index contributed by atoms with van der Waals surface area (Å²) in [5, 5.41) is 12.6. The Labute approximate surface area is 170 Å². The molecule has 1 amide bonds. The number of nitrogens with one attached hydrogen (secondary N) is 1. The van der Waals surface area contributed by atoms with Gasteiger partial charge in [0.1, 0.15) is 15.4 Å². The second-order valence-electron chi connectivity index (χ2n) is 8.65. The molecule has 9 heteroatoms. The Bertz CT molecular complexity index is 433. The van der Waals surface area contributed by atoms with Gasteiger partial charge < -0.3 is 24.0 Å². The molecule has 0 aromatic heterocycles. The minimum Gasteiger partial charge on any atom is -0.397 e. The average molecular weight is 434 g/mol. The van der Waals surface area contributed by atoms with Crippen LogP contribution in [0.15, 0.2) is 12.2 Å². The maximum atomic E-state index is 11.3. The molecule has 0 bridgehead atoms. The van der Waals surface area contributed by atoms with Crippen LogP contribution in [-0.4, -0.2) is 68.9 Å². The summed E-state index contributed by atoms with van der Waals surface area (Å²) < 4.78 is 17.9. The van der Waals surface area contributed by atoms with Gasteiger partial charge in [-0.15, -0.1) is 0 Å². The first-order chi connectivity index (χ1) is 12.3. The van der Waals surface area contributed by atoms with Gasteiger partial charge in [-0.2, -0.15) is 0 Å². The van der Waals surface area contributed by atoms with Crippen molar-refractivity contribution in [2.24, 2.45) is 0 Å². The molecule has 1 atom stereocenters. The molecule has 1 unspecified atom stereocenters. The highest BCUT2D eigenvalue weighted by Crippen LogP contribution is 2.14. The minimum atomic E-state index is -1.63. The van der Waals surface area contributed by atoms with Crippen LogP contribution in [0.2, 0.25) is 45.3 Å². The lowest BCUT2D eigenvalue weighted by Crippen LogP contribution is -2.43. The van der Waals surface area contributed by atoms with Crippen molar-refractivity contribution in [1.29, 1.82) is 0 Å². The van der Waals surface area contributed by atoms with Gasteiger partial charge in [0.05, 0.1) is 12.7 Å². The van der Waals surface area contributed by atoms with Crippen LogP contribution in [0.3, 0.4) is 0 Å². The highest BCUT2D eigenvalue weighted by Gasteiger charge is 2.26. The zero-order valence-corrected chi connectivity index (χ0v) is 21.2. The SMILES string of the molecule is C=C(C)C(=O)NCCC(O)COCCC[Si]C(O[Si](C)(C)C)O[Si](C)(C)C. The van der Waals surface area contributed by atoms with E-state index in [4.69, 9.17) is 13.6 Å². The maximum Gasteiger partial charge on any atom is 0.246 e. The molecule has 0 aromatic rings. The van der Waals surface area contributed by atoms with Crippen LogP contribution in [0.4, 0.5) is 0 Å². The van der Waals surface area contributed by atoms with Crippen molar-refractivity contribution in [1.82, 2.24) is 5.32 Å².